The van der Waals surface area contributed by atoms with Gasteiger partial charge >= 0.3 is 11.9 Å². The molecule has 2 aromatic carbocycles. The number of ether oxygens (including phenoxy) is 2. The summed E-state index contributed by atoms with van der Waals surface area (Å²) in [6.07, 6.45) is 12.4. The van der Waals surface area contributed by atoms with Crippen molar-refractivity contribution in [3.8, 4) is 18.1 Å². The van der Waals surface area contributed by atoms with Gasteiger partial charge in [-0.2, -0.15) is 0 Å². The molecule has 3 rings (SSSR count). The molecule has 1 fully saturated rings. The van der Waals surface area contributed by atoms with Crippen molar-refractivity contribution in [2.45, 2.75) is 96.6 Å². The maximum absolute atomic E-state index is 12.0. The first-order chi connectivity index (χ1) is 26.7. The summed E-state index contributed by atoms with van der Waals surface area (Å²) >= 11 is 0. The molecule has 0 aromatic heterocycles. The van der Waals surface area contributed by atoms with Crippen LogP contribution in [-0.4, -0.2) is 87.3 Å². The number of terminal acetylenes is 1. The van der Waals surface area contributed by atoms with Crippen LogP contribution in [-0.2, 0) is 40.4 Å². The minimum absolute atomic E-state index is 0.0447. The first-order valence-corrected chi connectivity index (χ1v) is 20.7. The summed E-state index contributed by atoms with van der Waals surface area (Å²) in [4.78, 5) is 46.6. The number of anilines is 1. The Labute approximate surface area is 330 Å². The van der Waals surface area contributed by atoms with E-state index in [-0.39, 0.29) is 49.8 Å². The van der Waals surface area contributed by atoms with Crippen molar-refractivity contribution in [1.82, 2.24) is 15.4 Å². The number of amides is 2. The molecule has 1 aliphatic rings. The van der Waals surface area contributed by atoms with Crippen molar-refractivity contribution in [2.24, 2.45) is 11.7 Å². The summed E-state index contributed by atoms with van der Waals surface area (Å²) in [5.41, 5.74) is 7.18. The molecule has 308 valence electrons. The predicted molar refractivity (Wildman–Crippen MR) is 216 cm³/mol. The lowest BCUT2D eigenvalue weighted by atomic mass is 9.93. The van der Waals surface area contributed by atoms with Gasteiger partial charge in [-0.3, -0.25) is 24.6 Å². The highest BCUT2D eigenvalue weighted by atomic mass is 32.2. The number of carbonyl (C=O) groups is 4. The molecule has 1 saturated heterocycles. The van der Waals surface area contributed by atoms with Crippen LogP contribution in [0.15, 0.2) is 48.5 Å². The molecular weight excluding hydrogens is 741 g/mol. The zero-order valence-corrected chi connectivity index (χ0v) is 33.3. The minimum Gasteiger partial charge on any atom is -0.494 e. The molecule has 0 spiro atoms. The monoisotopic (exact) mass is 798 g/mol. The number of aliphatic carboxylic acids is 1. The zero-order chi connectivity index (χ0) is 41.3. The quantitative estimate of drug-likeness (QED) is 0.0281. The van der Waals surface area contributed by atoms with Gasteiger partial charge in [0.1, 0.15) is 23.7 Å². The molecule has 0 saturated carbocycles. The van der Waals surface area contributed by atoms with Gasteiger partial charge in [-0.05, 0) is 106 Å². The Morgan fingerprint density at radius 2 is 1.66 bits per heavy atom. The van der Waals surface area contributed by atoms with E-state index in [1.165, 1.54) is 25.7 Å². The Kier molecular flexibility index (Phi) is 21.9. The fourth-order valence-electron chi connectivity index (χ4n) is 5.63. The highest BCUT2D eigenvalue weighted by Gasteiger charge is 2.24. The molecule has 0 unspecified atom stereocenters. The highest BCUT2D eigenvalue weighted by Crippen LogP contribution is 2.20. The number of carbonyl (C=O) groups excluding carboxylic acids is 3. The van der Waals surface area contributed by atoms with E-state index >= 15 is 0 Å². The smallest absolute Gasteiger partial charge is 0.322 e. The number of rotatable bonds is 23. The van der Waals surface area contributed by atoms with E-state index in [9.17, 15) is 32.7 Å². The molecule has 8 N–H and O–H groups in total. The third-order valence-corrected chi connectivity index (χ3v) is 10.2. The van der Waals surface area contributed by atoms with Crippen LogP contribution < -0.4 is 31.1 Å². The van der Waals surface area contributed by atoms with Gasteiger partial charge in [0.2, 0.25) is 21.8 Å². The largest absolute Gasteiger partial charge is 0.494 e. The summed E-state index contributed by atoms with van der Waals surface area (Å²) in [6, 6.07) is 11.7. The molecule has 0 radical (unpaired) electrons. The number of benzene rings is 2. The molecule has 0 bridgehead atoms. The normalized spacial score (nSPS) is 13.8. The maximum Gasteiger partial charge on any atom is 0.322 e. The van der Waals surface area contributed by atoms with Crippen molar-refractivity contribution in [2.75, 3.05) is 37.4 Å². The Balaban J connectivity index is 0.000000391. The second kappa shape index (κ2) is 26.0. The lowest BCUT2D eigenvalue weighted by Crippen LogP contribution is -2.43. The van der Waals surface area contributed by atoms with Crippen LogP contribution in [0.3, 0.4) is 0 Å². The molecule has 15 nitrogen and oxygen atoms in total. The Morgan fingerprint density at radius 1 is 1.00 bits per heavy atom. The van der Waals surface area contributed by atoms with Crippen LogP contribution in [0.2, 0.25) is 0 Å². The van der Waals surface area contributed by atoms with Crippen molar-refractivity contribution in [1.29, 1.82) is 5.41 Å². The average Bonchev–Trinajstić information content (AvgIpc) is 3.17. The van der Waals surface area contributed by atoms with E-state index in [2.05, 4.69) is 26.6 Å². The number of nitrogens with two attached hydrogens (primary N) is 1. The summed E-state index contributed by atoms with van der Waals surface area (Å²) < 4.78 is 36.9. The van der Waals surface area contributed by atoms with E-state index in [1.54, 1.807) is 43.3 Å². The van der Waals surface area contributed by atoms with Crippen molar-refractivity contribution < 1.29 is 42.2 Å². The van der Waals surface area contributed by atoms with Gasteiger partial charge < -0.3 is 36.3 Å². The van der Waals surface area contributed by atoms with E-state index in [0.717, 1.165) is 43.2 Å². The SMILES string of the molecule is C#C[C@H](CC(=O)OCC)NC(=O)CCC(=O)Nc1ccc(C(=N)N)cc1.CCCCS(=O)(=O)N[C@@H](Cc1ccc(OCCCCC2CCNCC2)cc1)C(=O)O. The predicted octanol–water partition coefficient (Wildman–Crippen LogP) is 3.71. The van der Waals surface area contributed by atoms with E-state index in [1.807, 2.05) is 19.1 Å². The number of amidine groups is 1. The molecule has 0 aliphatic carbocycles. The van der Waals surface area contributed by atoms with Crippen LogP contribution in [0.1, 0.15) is 89.2 Å². The van der Waals surface area contributed by atoms with E-state index < -0.39 is 40.0 Å². The number of esters is 1. The maximum atomic E-state index is 12.0. The Bertz CT molecular complexity index is 1690. The zero-order valence-electron chi connectivity index (χ0n) is 32.4. The number of carboxylic acids is 1. The van der Waals surface area contributed by atoms with Crippen LogP contribution in [0.25, 0.3) is 0 Å². The molecule has 16 heteroatoms. The number of unbranched alkanes of at least 4 members (excludes halogenated alkanes) is 2. The molecule has 1 aliphatic heterocycles. The fraction of sp³-hybridized carbons (Fsp3) is 0.525. The lowest BCUT2D eigenvalue weighted by molar-refractivity contribution is -0.143. The molecule has 56 heavy (non-hydrogen) atoms. The highest BCUT2D eigenvalue weighted by molar-refractivity contribution is 7.89. The lowest BCUT2D eigenvalue weighted by Gasteiger charge is -2.22. The number of piperidine rings is 1. The summed E-state index contributed by atoms with van der Waals surface area (Å²) in [7, 11) is -3.60. The van der Waals surface area contributed by atoms with Crippen molar-refractivity contribution in [3.05, 3.63) is 59.7 Å². The average molecular weight is 799 g/mol. The minimum atomic E-state index is -3.60. The molecule has 2 atom stereocenters. The van der Waals surface area contributed by atoms with Gasteiger partial charge in [-0.15, -0.1) is 6.42 Å². The molecular formula is C40H58N6O9S. The van der Waals surface area contributed by atoms with Crippen LogP contribution in [0.5, 0.6) is 5.75 Å². The molecule has 2 aromatic rings. The molecule has 1 heterocycles. The fourth-order valence-corrected chi connectivity index (χ4v) is 7.03. The standard InChI is InChI=1S/C22H36N2O5S.C18H22N4O4/c1-2-3-16-30(27,28)24-21(22(25)26)17-19-7-9-20(10-8-19)29-15-5-4-6-18-11-13-23-14-12-18;1-3-13(11-17(25)26-4-2)21-15(23)9-10-16(24)22-14-7-5-12(6-8-14)18(19)20/h7-10,18,21,23-24H,2-6,11-17H2,1H3,(H,25,26);1,5-8,13H,4,9-11H2,2H3,(H3,19,20)(H,21,23)(H,22,24)/t21-;13-/m01/s1. The molecule has 2 amide bonds. The van der Waals surface area contributed by atoms with E-state index in [4.69, 9.17) is 27.0 Å². The first-order valence-electron chi connectivity index (χ1n) is 19.1. The van der Waals surface area contributed by atoms with Crippen molar-refractivity contribution in [3.63, 3.8) is 0 Å². The van der Waals surface area contributed by atoms with Crippen LogP contribution >= 0.6 is 0 Å². The second-order valence-electron chi connectivity index (χ2n) is 13.4. The Hall–Kier alpha value is -4.98. The van der Waals surface area contributed by atoms with Crippen LogP contribution in [0, 0.1) is 23.7 Å². The van der Waals surface area contributed by atoms with E-state index in [0.29, 0.717) is 24.3 Å². The van der Waals surface area contributed by atoms with Gasteiger partial charge in [0.05, 0.1) is 25.4 Å². The van der Waals surface area contributed by atoms with Crippen molar-refractivity contribution >= 4 is 45.3 Å². The van der Waals surface area contributed by atoms with Gasteiger partial charge in [0.15, 0.2) is 0 Å². The third kappa shape index (κ3) is 20.1. The van der Waals surface area contributed by atoms with Gasteiger partial charge in [-0.1, -0.05) is 37.8 Å². The number of carboxylic acid groups (broad SMARTS) is 1. The number of nitrogens with one attached hydrogen (secondary N) is 5. The number of nitrogen functional groups attached to an aromatic ring is 1. The second-order valence-corrected chi connectivity index (χ2v) is 15.3. The third-order valence-electron chi connectivity index (χ3n) is 8.76. The topological polar surface area (TPSA) is 239 Å². The van der Waals surface area contributed by atoms with Crippen LogP contribution in [0.4, 0.5) is 5.69 Å². The van der Waals surface area contributed by atoms with Gasteiger partial charge in [0, 0.05) is 24.1 Å². The first kappa shape index (κ1) is 47.2. The summed E-state index contributed by atoms with van der Waals surface area (Å²) in [5, 5.41) is 25.2. The van der Waals surface area contributed by atoms with Gasteiger partial charge in [0.25, 0.3) is 0 Å². The Morgan fingerprint density at radius 3 is 2.25 bits per heavy atom. The summed E-state index contributed by atoms with van der Waals surface area (Å²) in [6.45, 7) is 6.74. The number of hydrogen-bond donors (Lipinski definition) is 7. The number of hydrogen-bond acceptors (Lipinski definition) is 10. The van der Waals surface area contributed by atoms with Gasteiger partial charge in [-0.25, -0.2) is 13.1 Å². The number of sulfonamides is 1. The summed E-state index contributed by atoms with van der Waals surface area (Å²) in [5.74, 6) is 1.31.